The Bertz CT molecular complexity index is 1180. The summed E-state index contributed by atoms with van der Waals surface area (Å²) in [5.41, 5.74) is 2.20. The lowest BCUT2D eigenvalue weighted by molar-refractivity contribution is 0.0699. The Kier molecular flexibility index (Phi) is 3.21. The van der Waals surface area contributed by atoms with Crippen LogP contribution in [-0.2, 0) is 5.41 Å². The molecule has 5 nitrogen and oxygen atoms in total. The normalized spacial score (nSPS) is 21.5. The molecule has 5 heteroatoms. The van der Waals surface area contributed by atoms with Crippen LogP contribution in [0, 0.1) is 0 Å². The molecule has 1 atom stereocenters. The zero-order chi connectivity index (χ0) is 19.7. The number of carboxylic acids is 1. The van der Waals surface area contributed by atoms with Gasteiger partial charge in [0.05, 0.1) is 17.2 Å². The number of carbonyl (C=O) groups is 1. The summed E-state index contributed by atoms with van der Waals surface area (Å²) >= 11 is 0. The summed E-state index contributed by atoms with van der Waals surface area (Å²) in [7, 11) is 2.02. The zero-order valence-electron chi connectivity index (χ0n) is 15.9. The number of benzene rings is 3. The average Bonchev–Trinajstić information content (AvgIpc) is 2.86. The van der Waals surface area contributed by atoms with E-state index in [1.807, 2.05) is 37.5 Å². The smallest absolute Gasteiger partial charge is 0.336 e. The summed E-state index contributed by atoms with van der Waals surface area (Å²) in [6.45, 7) is 4.33. The number of carboxylic acid groups (broad SMARTS) is 1. The molecule has 1 unspecified atom stereocenters. The molecule has 2 heterocycles. The summed E-state index contributed by atoms with van der Waals surface area (Å²) in [4.78, 5) is 18.5. The van der Waals surface area contributed by atoms with Gasteiger partial charge < -0.3 is 14.7 Å². The highest BCUT2D eigenvalue weighted by molar-refractivity contribution is 6.09. The minimum absolute atomic E-state index is 0.265. The van der Waals surface area contributed by atoms with Crippen molar-refractivity contribution < 1.29 is 14.6 Å². The maximum Gasteiger partial charge on any atom is 0.336 e. The van der Waals surface area contributed by atoms with E-state index < -0.39 is 11.7 Å². The predicted molar refractivity (Wildman–Crippen MR) is 110 cm³/mol. The third kappa shape index (κ3) is 1.91. The number of hydrogen-bond donors (Lipinski definition) is 1. The first-order chi connectivity index (χ1) is 13.4. The first-order valence-corrected chi connectivity index (χ1v) is 9.23. The van der Waals surface area contributed by atoms with Crippen LogP contribution in [-0.4, -0.2) is 30.1 Å². The highest BCUT2D eigenvalue weighted by Crippen LogP contribution is 2.54. The topological polar surface area (TPSA) is 62.1 Å². The van der Waals surface area contributed by atoms with E-state index >= 15 is 0 Å². The second-order valence-corrected chi connectivity index (χ2v) is 7.88. The number of rotatable bonds is 1. The van der Waals surface area contributed by atoms with Crippen LogP contribution in [0.15, 0.2) is 59.6 Å². The van der Waals surface area contributed by atoms with Crippen molar-refractivity contribution in [3.8, 4) is 5.75 Å². The molecule has 5 rings (SSSR count). The second-order valence-electron chi connectivity index (χ2n) is 7.88. The number of fused-ring (bicyclic) bond motifs is 4. The molecule has 2 aliphatic rings. The molecule has 0 aromatic heterocycles. The number of para-hydroxylation sites is 1. The van der Waals surface area contributed by atoms with E-state index in [1.165, 1.54) is 5.56 Å². The molecule has 140 valence electrons. The predicted octanol–water partition coefficient (Wildman–Crippen LogP) is 4.76. The summed E-state index contributed by atoms with van der Waals surface area (Å²) in [6.07, 6.45) is 1.86. The summed E-state index contributed by atoms with van der Waals surface area (Å²) < 4.78 is 6.63. The maximum atomic E-state index is 11.6. The van der Waals surface area contributed by atoms with Crippen molar-refractivity contribution in [2.45, 2.75) is 25.0 Å². The monoisotopic (exact) mass is 372 g/mol. The van der Waals surface area contributed by atoms with E-state index in [4.69, 9.17) is 9.73 Å². The van der Waals surface area contributed by atoms with Crippen LogP contribution in [0.2, 0.25) is 0 Å². The Hall–Kier alpha value is -3.34. The number of nitrogens with zero attached hydrogens (tertiary/aromatic N) is 2. The zero-order valence-corrected chi connectivity index (χ0v) is 15.9. The van der Waals surface area contributed by atoms with Crippen molar-refractivity contribution in [3.63, 3.8) is 0 Å². The Balaban J connectivity index is 1.70. The molecular formula is C23H20N2O3. The van der Waals surface area contributed by atoms with Crippen LogP contribution in [0.25, 0.3) is 10.8 Å². The fourth-order valence-electron chi connectivity index (χ4n) is 4.60. The van der Waals surface area contributed by atoms with Crippen molar-refractivity contribution in [2.24, 2.45) is 4.99 Å². The van der Waals surface area contributed by atoms with Gasteiger partial charge in [0, 0.05) is 18.1 Å². The number of hydrogen-bond acceptors (Lipinski definition) is 4. The fraction of sp³-hybridized carbons (Fsp3) is 0.217. The van der Waals surface area contributed by atoms with Gasteiger partial charge in [-0.15, -0.1) is 0 Å². The van der Waals surface area contributed by atoms with Crippen molar-refractivity contribution in [2.75, 3.05) is 11.9 Å². The third-order valence-electron chi connectivity index (χ3n) is 6.19. The van der Waals surface area contributed by atoms with Gasteiger partial charge in [-0.05, 0) is 49.1 Å². The molecule has 0 aliphatic carbocycles. The summed E-state index contributed by atoms with van der Waals surface area (Å²) in [5, 5.41) is 10.9. The van der Waals surface area contributed by atoms with Crippen molar-refractivity contribution in [3.05, 3.63) is 65.7 Å². The van der Waals surface area contributed by atoms with E-state index in [-0.39, 0.29) is 11.0 Å². The number of aliphatic imine (C=N–C) groups is 1. The van der Waals surface area contributed by atoms with Gasteiger partial charge in [-0.3, -0.25) is 4.99 Å². The lowest BCUT2D eigenvalue weighted by atomic mass is 9.77. The largest absolute Gasteiger partial charge is 0.478 e. The van der Waals surface area contributed by atoms with Crippen molar-refractivity contribution in [1.29, 1.82) is 0 Å². The van der Waals surface area contributed by atoms with E-state index in [0.717, 1.165) is 11.1 Å². The Morgan fingerprint density at radius 1 is 1.04 bits per heavy atom. The molecule has 0 saturated carbocycles. The van der Waals surface area contributed by atoms with Gasteiger partial charge >= 0.3 is 5.97 Å². The van der Waals surface area contributed by atoms with Crippen LogP contribution >= 0.6 is 0 Å². The number of likely N-dealkylation sites (N-methyl/N-ethyl adjacent to an activating group) is 1. The Labute approximate surface area is 162 Å². The lowest BCUT2D eigenvalue weighted by Crippen LogP contribution is -2.61. The molecule has 3 aromatic rings. The van der Waals surface area contributed by atoms with Crippen LogP contribution in [0.5, 0.6) is 5.75 Å². The molecule has 0 fully saturated rings. The molecule has 0 amide bonds. The van der Waals surface area contributed by atoms with Gasteiger partial charge in [-0.25, -0.2) is 4.79 Å². The SMILES string of the molecule is CN1c2ccccc2C(C)(C)C12C=Nc1c(ccc3c(C(=O)O)cccc13)O2. The van der Waals surface area contributed by atoms with E-state index in [9.17, 15) is 9.90 Å². The van der Waals surface area contributed by atoms with E-state index in [0.29, 0.717) is 16.8 Å². The second kappa shape index (κ2) is 5.35. The van der Waals surface area contributed by atoms with Crippen LogP contribution in [0.4, 0.5) is 11.4 Å². The molecule has 0 saturated heterocycles. The molecule has 0 bridgehead atoms. The number of ether oxygens (including phenoxy) is 1. The van der Waals surface area contributed by atoms with E-state index in [2.05, 4.69) is 30.9 Å². The minimum atomic E-state index is -0.949. The van der Waals surface area contributed by atoms with E-state index in [1.54, 1.807) is 18.2 Å². The fourth-order valence-corrected chi connectivity index (χ4v) is 4.60. The Morgan fingerprint density at radius 2 is 1.82 bits per heavy atom. The molecule has 28 heavy (non-hydrogen) atoms. The van der Waals surface area contributed by atoms with Crippen molar-refractivity contribution in [1.82, 2.24) is 0 Å². The number of anilines is 1. The van der Waals surface area contributed by atoms with Crippen LogP contribution < -0.4 is 9.64 Å². The summed E-state index contributed by atoms with van der Waals surface area (Å²) in [5.74, 6) is -0.292. The Morgan fingerprint density at radius 3 is 2.57 bits per heavy atom. The molecule has 1 spiro atoms. The van der Waals surface area contributed by atoms with Gasteiger partial charge in [-0.1, -0.05) is 30.3 Å². The van der Waals surface area contributed by atoms with Crippen LogP contribution in [0.3, 0.4) is 0 Å². The minimum Gasteiger partial charge on any atom is -0.478 e. The molecule has 2 aliphatic heterocycles. The van der Waals surface area contributed by atoms with Crippen LogP contribution in [0.1, 0.15) is 29.8 Å². The quantitative estimate of drug-likeness (QED) is 0.669. The van der Waals surface area contributed by atoms with Gasteiger partial charge in [0.2, 0.25) is 5.72 Å². The maximum absolute atomic E-state index is 11.6. The van der Waals surface area contributed by atoms with Gasteiger partial charge in [-0.2, -0.15) is 0 Å². The van der Waals surface area contributed by atoms with Crippen molar-refractivity contribution >= 4 is 34.3 Å². The van der Waals surface area contributed by atoms with Gasteiger partial charge in [0.15, 0.2) is 0 Å². The molecular weight excluding hydrogens is 352 g/mol. The van der Waals surface area contributed by atoms with Gasteiger partial charge in [0.1, 0.15) is 11.4 Å². The molecule has 3 aromatic carbocycles. The summed E-state index contributed by atoms with van der Waals surface area (Å²) in [6, 6.07) is 17.2. The standard InChI is InChI=1S/C23H20N2O3/c1-22(2)17-9-4-5-10-18(17)25(3)23(22)13-24-20-15-7-6-8-16(21(26)27)14(15)11-12-19(20)28-23/h4-13H,1-3H3,(H,26,27). The first-order valence-electron chi connectivity index (χ1n) is 9.23. The highest BCUT2D eigenvalue weighted by atomic mass is 16.5. The third-order valence-corrected chi connectivity index (χ3v) is 6.19. The number of aromatic carboxylic acids is 1. The van der Waals surface area contributed by atoms with Gasteiger partial charge in [0.25, 0.3) is 0 Å². The molecule has 0 radical (unpaired) electrons. The lowest BCUT2D eigenvalue weighted by Gasteiger charge is -2.45. The molecule has 1 N–H and O–H groups in total. The first kappa shape index (κ1) is 16.8. The average molecular weight is 372 g/mol. The highest BCUT2D eigenvalue weighted by Gasteiger charge is 2.58.